The van der Waals surface area contributed by atoms with Gasteiger partial charge in [-0.15, -0.1) is 16.9 Å². The number of thiol groups is 2. The zero-order chi connectivity index (χ0) is 31.0. The Labute approximate surface area is 260 Å². The van der Waals surface area contributed by atoms with Crippen molar-refractivity contribution in [3.05, 3.63) is 28.4 Å². The summed E-state index contributed by atoms with van der Waals surface area (Å²) in [7, 11) is 0. The molecule has 4 aromatic heterocycles. The number of nitrogens with zero attached hydrogens (tertiary/aromatic N) is 8. The van der Waals surface area contributed by atoms with Crippen molar-refractivity contribution in [1.29, 1.82) is 0 Å². The van der Waals surface area contributed by atoms with Gasteiger partial charge in [-0.25, -0.2) is 19.1 Å². The van der Waals surface area contributed by atoms with Gasteiger partial charge < -0.3 is 21.3 Å². The molecule has 0 aromatic carbocycles. The Bertz CT molecular complexity index is 1930. The third-order valence-electron chi connectivity index (χ3n) is 7.35. The van der Waals surface area contributed by atoms with Gasteiger partial charge in [-0.1, -0.05) is 29.7 Å². The van der Waals surface area contributed by atoms with E-state index in [9.17, 15) is 19.0 Å². The topological polar surface area (TPSA) is 272 Å². The van der Waals surface area contributed by atoms with Crippen molar-refractivity contribution in [3.8, 4) is 0 Å². The second-order valence-corrected chi connectivity index (χ2v) is 17.0. The number of hydrogen-bond acceptors (Lipinski definition) is 18. The number of aromatic nitrogens is 9. The molecule has 2 bridgehead atoms. The molecule has 7 rings (SSSR count). The summed E-state index contributed by atoms with van der Waals surface area (Å²) in [5, 5.41) is 22.7. The maximum Gasteiger partial charge on any atom is 0.388 e. The van der Waals surface area contributed by atoms with Gasteiger partial charge in [0.15, 0.2) is 16.8 Å². The molecule has 3 saturated heterocycles. The van der Waals surface area contributed by atoms with E-state index in [-0.39, 0.29) is 42.0 Å². The van der Waals surface area contributed by atoms with Crippen LogP contribution in [0.15, 0.2) is 17.3 Å². The minimum Gasteiger partial charge on any atom is -0.387 e. The lowest BCUT2D eigenvalue weighted by Gasteiger charge is -2.34. The minimum absolute atomic E-state index is 0.0309. The van der Waals surface area contributed by atoms with Gasteiger partial charge in [0.2, 0.25) is 17.6 Å². The number of ether oxygens (including phenoxy) is 1. The molecule has 20 nitrogen and oxygen atoms in total. The maximum absolute atomic E-state index is 13.8. The van der Waals surface area contributed by atoms with E-state index in [1.807, 2.05) is 0 Å². The predicted molar refractivity (Wildman–Crippen MR) is 159 cm³/mol. The van der Waals surface area contributed by atoms with Crippen molar-refractivity contribution in [2.75, 3.05) is 37.0 Å². The molecular formula is C19H23N11O9P2S3. The molecule has 7 heterocycles. The summed E-state index contributed by atoms with van der Waals surface area (Å²) in [6.07, 6.45) is -0.806. The SMILES string of the molecule is Nc1nc2c(nnn2[C@@]23CS[C@H](COP(=O)(S)O[C@H]4C(c5cnn6c(N)ncnc56)CO[C@@H]4COP(=O)(S)O2)[C@H]3O)c(=O)[nH]1. The Hall–Kier alpha value is -2.30. The molecule has 0 aliphatic carbocycles. The van der Waals surface area contributed by atoms with Gasteiger partial charge in [-0.3, -0.25) is 27.9 Å². The lowest BCUT2D eigenvalue weighted by molar-refractivity contribution is -0.102. The van der Waals surface area contributed by atoms with Crippen molar-refractivity contribution < 1.29 is 37.1 Å². The van der Waals surface area contributed by atoms with E-state index in [1.54, 1.807) is 0 Å². The van der Waals surface area contributed by atoms with E-state index in [0.717, 1.165) is 16.4 Å². The lowest BCUT2D eigenvalue weighted by atomic mass is 9.96. The van der Waals surface area contributed by atoms with Gasteiger partial charge >= 0.3 is 13.6 Å². The second-order valence-electron chi connectivity index (χ2n) is 10.00. The summed E-state index contributed by atoms with van der Waals surface area (Å²) in [5.41, 5.74) is 9.49. The Morgan fingerprint density at radius 2 is 1.93 bits per heavy atom. The third kappa shape index (κ3) is 5.13. The number of anilines is 2. The first-order valence-corrected chi connectivity index (χ1v) is 19.1. The van der Waals surface area contributed by atoms with E-state index >= 15 is 0 Å². The van der Waals surface area contributed by atoms with E-state index < -0.39 is 61.0 Å². The second kappa shape index (κ2) is 10.9. The monoisotopic (exact) mass is 707 g/mol. The fourth-order valence-corrected chi connectivity index (χ4v) is 10.1. The Balaban J connectivity index is 1.26. The average Bonchev–Trinajstić information content (AvgIpc) is 3.72. The lowest BCUT2D eigenvalue weighted by Crippen LogP contribution is -2.49. The van der Waals surface area contributed by atoms with Crippen LogP contribution < -0.4 is 17.0 Å². The Morgan fingerprint density at radius 1 is 1.14 bits per heavy atom. The average molecular weight is 708 g/mol. The first kappa shape index (κ1) is 30.4. The van der Waals surface area contributed by atoms with Crippen LogP contribution in [0.3, 0.4) is 0 Å². The molecule has 8 atom stereocenters. The fraction of sp³-hybridized carbons (Fsp3) is 0.526. The number of nitrogens with two attached hydrogens (primary N) is 2. The van der Waals surface area contributed by atoms with Crippen molar-refractivity contribution >= 4 is 78.6 Å². The molecule has 3 aliphatic rings. The standard InChI is InChI=1S/C19H23N11O9P2S3/c20-17-25-15-11(16(32)26-17)27-28-30(15)19-5-44-10(13(19)31)4-37-40(33,42)38-12-8(2-35-9(12)3-36-41(34,43)39-19)7-1-24-29-14(7)22-6-23-18(29)21/h1,6,8-10,12-13,31H,2-5H2,(H,33,42)(H,34,43)(H2,21,22,23)(H3,20,25,26,32)/t8?,9-,10-,12+,13-,19+,40?,41?/m1/s1. The maximum atomic E-state index is 13.8. The molecule has 0 radical (unpaired) electrons. The van der Waals surface area contributed by atoms with Crippen LogP contribution in [-0.4, -0.2) is 98.8 Å². The molecule has 0 spiro atoms. The number of thioether (sulfide) groups is 1. The van der Waals surface area contributed by atoms with Crippen LogP contribution in [0.25, 0.3) is 16.8 Å². The molecule has 0 saturated carbocycles. The molecular weight excluding hydrogens is 684 g/mol. The highest BCUT2D eigenvalue weighted by atomic mass is 32.7. The van der Waals surface area contributed by atoms with Crippen LogP contribution in [0.5, 0.6) is 0 Å². The zero-order valence-electron chi connectivity index (χ0n) is 22.0. The van der Waals surface area contributed by atoms with Crippen LogP contribution in [0, 0.1) is 0 Å². The summed E-state index contributed by atoms with van der Waals surface area (Å²) in [4.78, 5) is 27.0. The minimum atomic E-state index is -4.38. The largest absolute Gasteiger partial charge is 0.388 e. The first-order chi connectivity index (χ1) is 20.9. The van der Waals surface area contributed by atoms with E-state index in [4.69, 9.17) is 34.3 Å². The number of fused-ring (bicyclic) bond motifs is 5. The van der Waals surface area contributed by atoms with Crippen LogP contribution in [0.4, 0.5) is 11.9 Å². The number of aliphatic hydroxyl groups is 1. The van der Waals surface area contributed by atoms with Crippen molar-refractivity contribution in [1.82, 2.24) is 44.5 Å². The highest BCUT2D eigenvalue weighted by Crippen LogP contribution is 2.62. The summed E-state index contributed by atoms with van der Waals surface area (Å²) in [5.74, 6) is -0.908. The highest BCUT2D eigenvalue weighted by Gasteiger charge is 2.57. The first-order valence-electron chi connectivity index (χ1n) is 12.7. The summed E-state index contributed by atoms with van der Waals surface area (Å²) >= 11 is 9.47. The van der Waals surface area contributed by atoms with Gasteiger partial charge in [-0.05, 0) is 0 Å². The number of aromatic amines is 1. The molecule has 4 aromatic rings. The molecule has 0 amide bonds. The number of aliphatic hydroxyl groups excluding tert-OH is 1. The normalized spacial score (nSPS) is 36.6. The zero-order valence-corrected chi connectivity index (χ0v) is 26.4. The number of H-pyrrole nitrogens is 1. The summed E-state index contributed by atoms with van der Waals surface area (Å²) in [6, 6.07) is 0. The van der Waals surface area contributed by atoms with E-state index in [1.165, 1.54) is 17.0 Å². The molecule has 236 valence electrons. The molecule has 25 heteroatoms. The van der Waals surface area contributed by atoms with Crippen molar-refractivity contribution in [2.45, 2.75) is 35.2 Å². The summed E-state index contributed by atoms with van der Waals surface area (Å²) < 4.78 is 58.8. The smallest absolute Gasteiger partial charge is 0.387 e. The number of hydrogen-bond donors (Lipinski definition) is 6. The Kier molecular flexibility index (Phi) is 7.52. The Morgan fingerprint density at radius 3 is 2.75 bits per heavy atom. The highest BCUT2D eigenvalue weighted by molar-refractivity contribution is 8.44. The van der Waals surface area contributed by atoms with E-state index in [2.05, 4.69) is 59.8 Å². The quantitative estimate of drug-likeness (QED) is 0.118. The van der Waals surface area contributed by atoms with Crippen molar-refractivity contribution in [2.24, 2.45) is 0 Å². The van der Waals surface area contributed by atoms with Gasteiger partial charge in [0.25, 0.3) is 5.56 Å². The van der Waals surface area contributed by atoms with Gasteiger partial charge in [0.05, 0.1) is 31.3 Å². The number of nitrogens with one attached hydrogen (secondary N) is 1. The third-order valence-corrected chi connectivity index (χ3v) is 12.0. The van der Waals surface area contributed by atoms with Crippen LogP contribution >= 0.6 is 49.9 Å². The molecule has 44 heavy (non-hydrogen) atoms. The molecule has 3 aliphatic heterocycles. The van der Waals surface area contributed by atoms with Crippen LogP contribution in [-0.2, 0) is 37.7 Å². The molecule has 6 N–H and O–H groups in total. The fourth-order valence-electron chi connectivity index (χ4n) is 5.32. The number of rotatable bonds is 2. The molecule has 3 fully saturated rings. The summed E-state index contributed by atoms with van der Waals surface area (Å²) in [6.45, 7) is -9.29. The predicted octanol–water partition coefficient (Wildman–Crippen LogP) is -0.0472. The van der Waals surface area contributed by atoms with Gasteiger partial charge in [-0.2, -0.15) is 19.3 Å². The van der Waals surface area contributed by atoms with Gasteiger partial charge in [0.1, 0.15) is 24.6 Å². The van der Waals surface area contributed by atoms with Gasteiger partial charge in [0, 0.05) is 17.2 Å². The van der Waals surface area contributed by atoms with E-state index in [0.29, 0.717) is 11.2 Å². The van der Waals surface area contributed by atoms with Crippen LogP contribution in [0.2, 0.25) is 0 Å². The van der Waals surface area contributed by atoms with Crippen molar-refractivity contribution in [3.63, 3.8) is 0 Å². The van der Waals surface area contributed by atoms with Crippen LogP contribution in [0.1, 0.15) is 11.5 Å². The number of nitrogen functional groups attached to an aromatic ring is 2. The molecule has 3 unspecified atom stereocenters.